The maximum atomic E-state index is 14.3. The fraction of sp³-hybridized carbons (Fsp3) is 0.524. The molecule has 7 nitrogen and oxygen atoms in total. The summed E-state index contributed by atoms with van der Waals surface area (Å²) in [5.74, 6) is -13.5. The lowest BCUT2D eigenvalue weighted by atomic mass is 9.63. The van der Waals surface area contributed by atoms with Gasteiger partial charge in [0.05, 0.1) is 12.0 Å². The van der Waals surface area contributed by atoms with E-state index in [4.69, 9.17) is 4.74 Å². The molecule has 3 unspecified atom stereocenters. The van der Waals surface area contributed by atoms with E-state index in [-0.39, 0.29) is 6.42 Å². The third-order valence-corrected chi connectivity index (χ3v) is 7.80. The van der Waals surface area contributed by atoms with Gasteiger partial charge in [-0.2, -0.15) is 0 Å². The highest BCUT2D eigenvalue weighted by Gasteiger charge is 2.73. The van der Waals surface area contributed by atoms with Gasteiger partial charge in [-0.3, -0.25) is 4.79 Å². The van der Waals surface area contributed by atoms with E-state index in [1.54, 1.807) is 6.92 Å². The second-order valence-electron chi connectivity index (χ2n) is 9.23. The molecule has 2 aliphatic heterocycles. The van der Waals surface area contributed by atoms with Crippen LogP contribution in [-0.2, 0) is 14.3 Å². The summed E-state index contributed by atoms with van der Waals surface area (Å²) < 4.78 is 75.2. The summed E-state index contributed by atoms with van der Waals surface area (Å²) in [5.41, 5.74) is -6.33. The van der Waals surface area contributed by atoms with Crippen molar-refractivity contribution in [2.24, 2.45) is 27.6 Å². The van der Waals surface area contributed by atoms with Crippen molar-refractivity contribution in [1.82, 2.24) is 0 Å². The second-order valence-corrected chi connectivity index (χ2v) is 9.23. The van der Waals surface area contributed by atoms with Gasteiger partial charge in [0, 0.05) is 5.92 Å². The molecule has 1 saturated heterocycles. The molecular weight excluding hydrogens is 453 g/mol. The third-order valence-electron chi connectivity index (χ3n) is 7.80. The number of carbonyl (C=O) groups excluding carboxylic acids is 2. The van der Waals surface area contributed by atoms with E-state index in [1.165, 1.54) is 19.1 Å². The summed E-state index contributed by atoms with van der Waals surface area (Å²) in [5, 5.41) is 19.3. The van der Waals surface area contributed by atoms with Crippen LogP contribution >= 0.6 is 0 Å². The monoisotopic (exact) mass is 471 g/mol. The molecule has 6 atom stereocenters. The minimum Gasteiger partial charge on any atom is -0.459 e. The molecule has 176 valence electrons. The topological polar surface area (TPSA) is 91.6 Å². The zero-order valence-corrected chi connectivity index (χ0v) is 17.4. The summed E-state index contributed by atoms with van der Waals surface area (Å²) >= 11 is 0. The molecule has 1 spiro atoms. The average Bonchev–Trinajstić information content (AvgIpc) is 3.39. The summed E-state index contributed by atoms with van der Waals surface area (Å²) in [6.45, 7) is 2.57. The lowest BCUT2D eigenvalue weighted by Gasteiger charge is -2.43. The first-order valence-electron chi connectivity index (χ1n) is 10.3. The number of rotatable bonds is 1. The fourth-order valence-electron chi connectivity index (χ4n) is 5.72. The molecule has 1 N–H and O–H groups in total. The highest BCUT2D eigenvalue weighted by Crippen LogP contribution is 2.59. The van der Waals surface area contributed by atoms with Crippen LogP contribution in [0.3, 0.4) is 0 Å². The number of hydrogen-bond donors (Lipinski definition) is 1. The minimum atomic E-state index is -2.32. The first kappa shape index (κ1) is 21.9. The largest absolute Gasteiger partial charge is 0.459 e. The first-order valence-corrected chi connectivity index (χ1v) is 10.3. The number of benzene rings is 1. The molecular formula is C21H18F5N3O4. The van der Waals surface area contributed by atoms with E-state index in [1.807, 2.05) is 0 Å². The molecule has 0 radical (unpaired) electrons. The Morgan fingerprint density at radius 3 is 2.30 bits per heavy atom. The van der Waals surface area contributed by atoms with Gasteiger partial charge >= 0.3 is 5.97 Å². The van der Waals surface area contributed by atoms with E-state index >= 15 is 0 Å². The van der Waals surface area contributed by atoms with Crippen LogP contribution in [0.25, 0.3) is 0 Å². The van der Waals surface area contributed by atoms with Crippen LogP contribution in [0.5, 0.6) is 0 Å². The summed E-state index contributed by atoms with van der Waals surface area (Å²) in [6, 6.07) is 0. The number of carbonyl (C=O) groups is 2. The van der Waals surface area contributed by atoms with Gasteiger partial charge in [-0.15, -0.1) is 5.11 Å². The minimum absolute atomic E-state index is 0.237. The predicted molar refractivity (Wildman–Crippen MR) is 100 cm³/mol. The number of esters is 1. The Hall–Kier alpha value is -2.89. The molecule has 12 heteroatoms. The summed E-state index contributed by atoms with van der Waals surface area (Å²) in [7, 11) is 0. The quantitative estimate of drug-likeness (QED) is 0.294. The molecule has 33 heavy (non-hydrogen) atoms. The molecule has 2 aliphatic carbocycles. The van der Waals surface area contributed by atoms with Crippen LogP contribution in [0.15, 0.2) is 22.5 Å². The molecule has 0 amide bonds. The van der Waals surface area contributed by atoms with Gasteiger partial charge in [-0.1, -0.05) is 12.1 Å². The van der Waals surface area contributed by atoms with Crippen molar-refractivity contribution >= 4 is 17.4 Å². The number of anilines is 1. The van der Waals surface area contributed by atoms with E-state index in [9.17, 15) is 36.6 Å². The van der Waals surface area contributed by atoms with Crippen LogP contribution < -0.4 is 5.01 Å². The second kappa shape index (κ2) is 6.58. The average molecular weight is 471 g/mol. The first-order chi connectivity index (χ1) is 15.4. The van der Waals surface area contributed by atoms with Gasteiger partial charge in [0.1, 0.15) is 17.4 Å². The predicted octanol–water partition coefficient (Wildman–Crippen LogP) is 3.16. The van der Waals surface area contributed by atoms with E-state index in [2.05, 4.69) is 10.3 Å². The number of ether oxygens (including phenoxy) is 1. The number of ketones is 1. The zero-order valence-electron chi connectivity index (χ0n) is 17.4. The van der Waals surface area contributed by atoms with Crippen LogP contribution in [0.4, 0.5) is 27.6 Å². The van der Waals surface area contributed by atoms with E-state index in [0.717, 1.165) is 0 Å². The highest BCUT2D eigenvalue weighted by atomic mass is 19.2. The number of hydrogen-bond acceptors (Lipinski definition) is 7. The van der Waals surface area contributed by atoms with Crippen LogP contribution in [0, 0.1) is 46.3 Å². The van der Waals surface area contributed by atoms with Crippen molar-refractivity contribution in [3.63, 3.8) is 0 Å². The van der Waals surface area contributed by atoms with Crippen LogP contribution in [-0.4, -0.2) is 40.6 Å². The number of aliphatic hydroxyl groups is 1. The molecule has 0 aromatic heterocycles. The number of halogens is 5. The van der Waals surface area contributed by atoms with Gasteiger partial charge < -0.3 is 9.84 Å². The Balaban J connectivity index is 1.57. The smallest absolute Gasteiger partial charge is 0.338 e. The normalized spacial score (nSPS) is 39.3. The van der Waals surface area contributed by atoms with Gasteiger partial charge in [0.25, 0.3) is 0 Å². The number of allylic oxidation sites excluding steroid dienone is 1. The third kappa shape index (κ3) is 2.42. The van der Waals surface area contributed by atoms with Crippen molar-refractivity contribution < 1.29 is 41.4 Å². The summed E-state index contributed by atoms with van der Waals surface area (Å²) in [6.07, 6.45) is 2.06. The van der Waals surface area contributed by atoms with Gasteiger partial charge in [-0.25, -0.2) is 31.8 Å². The Labute approximate surface area is 183 Å². The fourth-order valence-corrected chi connectivity index (χ4v) is 5.72. The molecule has 1 aromatic carbocycles. The Bertz CT molecular complexity index is 1150. The van der Waals surface area contributed by atoms with Crippen molar-refractivity contribution in [3.05, 3.63) is 41.2 Å². The Kier molecular flexibility index (Phi) is 4.37. The van der Waals surface area contributed by atoms with Gasteiger partial charge in [0.15, 0.2) is 29.1 Å². The molecule has 1 aromatic rings. The maximum absolute atomic E-state index is 14.3. The van der Waals surface area contributed by atoms with Gasteiger partial charge in [-0.05, 0) is 37.8 Å². The zero-order chi connectivity index (χ0) is 24.1. The maximum Gasteiger partial charge on any atom is 0.338 e. The van der Waals surface area contributed by atoms with Gasteiger partial charge in [0.2, 0.25) is 11.4 Å². The van der Waals surface area contributed by atoms with Crippen molar-refractivity contribution in [2.45, 2.75) is 43.9 Å². The Morgan fingerprint density at radius 1 is 1.06 bits per heavy atom. The number of nitrogens with zero attached hydrogens (tertiary/aromatic N) is 3. The van der Waals surface area contributed by atoms with Crippen molar-refractivity contribution in [2.75, 3.05) is 11.6 Å². The molecule has 2 fully saturated rings. The van der Waals surface area contributed by atoms with E-state index < -0.39 is 87.6 Å². The summed E-state index contributed by atoms with van der Waals surface area (Å²) in [4.78, 5) is 25.9. The van der Waals surface area contributed by atoms with Crippen molar-refractivity contribution in [1.29, 1.82) is 0 Å². The molecule has 4 aliphatic rings. The lowest BCUT2D eigenvalue weighted by Crippen LogP contribution is -2.57. The SMILES string of the molecule is C[C@H]1CCC2C(OC(=O)C23CN(c2c(F)c(F)c(F)c(F)c2F)N=N3)[C@]2(C)C(=O)C=C[C@@]12O. The molecule has 5 rings (SSSR count). The number of fused-ring (bicyclic) bond motifs is 4. The van der Waals surface area contributed by atoms with Crippen molar-refractivity contribution in [3.8, 4) is 0 Å². The molecule has 2 heterocycles. The highest BCUT2D eigenvalue weighted by molar-refractivity contribution is 6.00. The van der Waals surface area contributed by atoms with Crippen LogP contribution in [0.2, 0.25) is 0 Å². The molecule has 0 bridgehead atoms. The standard InChI is InChI=1S/C21H18F5N3O4/c1-8-3-4-9-17(19(2)10(30)5-6-21(8,19)32)33-18(31)20(9)7-29(28-27-20)16-14(25)12(23)11(22)13(24)15(16)26/h5-6,8-9,17,32H,3-4,7H2,1-2H3/t8-,9?,17?,19-,20?,21+/m0/s1. The molecule has 1 saturated carbocycles. The lowest BCUT2D eigenvalue weighted by molar-refractivity contribution is -0.166. The van der Waals surface area contributed by atoms with Crippen LogP contribution in [0.1, 0.15) is 26.7 Å². The van der Waals surface area contributed by atoms with E-state index in [0.29, 0.717) is 11.4 Å². The Morgan fingerprint density at radius 2 is 1.67 bits per heavy atom.